The van der Waals surface area contributed by atoms with Crippen LogP contribution in [0.2, 0.25) is 5.15 Å². The van der Waals surface area contributed by atoms with Gasteiger partial charge in [0.05, 0.1) is 0 Å². The summed E-state index contributed by atoms with van der Waals surface area (Å²) in [5, 5.41) is 3.72. The fraction of sp³-hybridized carbons (Fsp3) is 0.667. The van der Waals surface area contributed by atoms with Gasteiger partial charge in [0.15, 0.2) is 11.0 Å². The summed E-state index contributed by atoms with van der Waals surface area (Å²) in [5.74, 6) is 1.59. The first-order chi connectivity index (χ1) is 7.86. The normalized spacial score (nSPS) is 17.3. The van der Waals surface area contributed by atoms with E-state index in [2.05, 4.69) is 15.3 Å². The highest BCUT2D eigenvalue weighted by Gasteiger charge is 2.12. The first-order valence-electron chi connectivity index (χ1n) is 6.06. The van der Waals surface area contributed by atoms with Gasteiger partial charge < -0.3 is 5.32 Å². The molecule has 1 aliphatic carbocycles. The van der Waals surface area contributed by atoms with E-state index in [0.29, 0.717) is 11.0 Å². The molecule has 3 nitrogen and oxygen atoms in total. The summed E-state index contributed by atoms with van der Waals surface area (Å²) in [4.78, 5) is 8.14. The first-order valence-corrected chi connectivity index (χ1v) is 6.44. The first kappa shape index (κ1) is 11.6. The summed E-state index contributed by atoms with van der Waals surface area (Å²) < 4.78 is 0. The quantitative estimate of drug-likeness (QED) is 0.874. The second-order valence-corrected chi connectivity index (χ2v) is 4.77. The van der Waals surface area contributed by atoms with Crippen LogP contribution in [0.5, 0.6) is 0 Å². The lowest BCUT2D eigenvalue weighted by atomic mass is 9.87. The lowest BCUT2D eigenvalue weighted by Crippen LogP contribution is -2.13. The highest BCUT2D eigenvalue weighted by atomic mass is 35.5. The van der Waals surface area contributed by atoms with Crippen molar-refractivity contribution >= 4 is 17.4 Å². The summed E-state index contributed by atoms with van der Waals surface area (Å²) in [6.45, 7) is 0.947. The molecule has 0 bridgehead atoms. The molecule has 0 radical (unpaired) electrons. The van der Waals surface area contributed by atoms with Crippen LogP contribution in [0.3, 0.4) is 0 Å². The van der Waals surface area contributed by atoms with Crippen LogP contribution in [0.15, 0.2) is 12.4 Å². The predicted molar refractivity (Wildman–Crippen MR) is 66.7 cm³/mol. The second-order valence-electron chi connectivity index (χ2n) is 4.42. The van der Waals surface area contributed by atoms with Gasteiger partial charge in [-0.2, -0.15) is 0 Å². The molecule has 0 amide bonds. The summed E-state index contributed by atoms with van der Waals surface area (Å²) in [6.07, 6.45) is 11.5. The van der Waals surface area contributed by atoms with Crippen LogP contribution in [-0.2, 0) is 0 Å². The van der Waals surface area contributed by atoms with E-state index in [1.165, 1.54) is 38.5 Å². The number of nitrogens with zero attached hydrogens (tertiary/aromatic N) is 2. The van der Waals surface area contributed by atoms with Crippen LogP contribution >= 0.6 is 11.6 Å². The Morgan fingerprint density at radius 2 is 1.94 bits per heavy atom. The van der Waals surface area contributed by atoms with E-state index in [-0.39, 0.29) is 0 Å². The van der Waals surface area contributed by atoms with Gasteiger partial charge in [-0.25, -0.2) is 9.97 Å². The molecular weight excluding hydrogens is 222 g/mol. The van der Waals surface area contributed by atoms with Gasteiger partial charge in [0.25, 0.3) is 0 Å². The van der Waals surface area contributed by atoms with E-state index in [0.717, 1.165) is 12.5 Å². The molecule has 0 aromatic carbocycles. The lowest BCUT2D eigenvalue weighted by Gasteiger charge is -2.21. The van der Waals surface area contributed by atoms with Gasteiger partial charge >= 0.3 is 0 Å². The minimum atomic E-state index is 0.464. The van der Waals surface area contributed by atoms with E-state index in [9.17, 15) is 0 Å². The molecule has 0 aliphatic heterocycles. The van der Waals surface area contributed by atoms with Crippen molar-refractivity contribution in [2.45, 2.75) is 38.5 Å². The maximum atomic E-state index is 5.91. The van der Waals surface area contributed by atoms with Crippen LogP contribution in [0.1, 0.15) is 38.5 Å². The Bertz CT molecular complexity index is 324. The highest BCUT2D eigenvalue weighted by Crippen LogP contribution is 2.26. The summed E-state index contributed by atoms with van der Waals surface area (Å²) in [7, 11) is 0. The molecule has 2 rings (SSSR count). The molecule has 1 aromatic rings. The lowest BCUT2D eigenvalue weighted by molar-refractivity contribution is 0.345. The van der Waals surface area contributed by atoms with E-state index < -0.39 is 0 Å². The van der Waals surface area contributed by atoms with E-state index in [1.807, 2.05) is 0 Å². The van der Waals surface area contributed by atoms with Crippen LogP contribution < -0.4 is 5.32 Å². The fourth-order valence-electron chi connectivity index (χ4n) is 2.31. The van der Waals surface area contributed by atoms with E-state index >= 15 is 0 Å². The molecule has 1 fully saturated rings. The molecule has 0 spiro atoms. The third-order valence-electron chi connectivity index (χ3n) is 3.22. The largest absolute Gasteiger partial charge is 0.368 e. The zero-order chi connectivity index (χ0) is 11.2. The van der Waals surface area contributed by atoms with Crippen LogP contribution in [0, 0.1) is 5.92 Å². The molecule has 1 heterocycles. The molecule has 1 aliphatic rings. The zero-order valence-electron chi connectivity index (χ0n) is 9.45. The van der Waals surface area contributed by atoms with Gasteiger partial charge in [0.2, 0.25) is 0 Å². The molecule has 1 aromatic heterocycles. The Kier molecular flexibility index (Phi) is 4.40. The molecule has 0 saturated heterocycles. The van der Waals surface area contributed by atoms with Crippen molar-refractivity contribution in [3.63, 3.8) is 0 Å². The zero-order valence-corrected chi connectivity index (χ0v) is 10.2. The van der Waals surface area contributed by atoms with Gasteiger partial charge in [0, 0.05) is 18.9 Å². The Morgan fingerprint density at radius 3 is 2.69 bits per heavy atom. The highest BCUT2D eigenvalue weighted by molar-refractivity contribution is 6.31. The van der Waals surface area contributed by atoms with Gasteiger partial charge in [-0.15, -0.1) is 0 Å². The number of nitrogens with one attached hydrogen (secondary N) is 1. The summed E-state index contributed by atoms with van der Waals surface area (Å²) in [5.41, 5.74) is 0. The van der Waals surface area contributed by atoms with Gasteiger partial charge in [-0.05, 0) is 12.3 Å². The van der Waals surface area contributed by atoms with Crippen molar-refractivity contribution in [2.24, 2.45) is 5.92 Å². The number of rotatable bonds is 4. The summed E-state index contributed by atoms with van der Waals surface area (Å²) in [6, 6.07) is 0. The van der Waals surface area contributed by atoms with E-state index in [1.54, 1.807) is 12.4 Å². The van der Waals surface area contributed by atoms with Crippen molar-refractivity contribution in [2.75, 3.05) is 11.9 Å². The number of hydrogen-bond acceptors (Lipinski definition) is 3. The molecule has 1 N–H and O–H groups in total. The average Bonchev–Trinajstić information content (AvgIpc) is 2.33. The SMILES string of the molecule is Clc1nccnc1NCCC1CCCCC1. The third-order valence-corrected chi connectivity index (χ3v) is 3.50. The van der Waals surface area contributed by atoms with Crippen LogP contribution in [-0.4, -0.2) is 16.5 Å². The van der Waals surface area contributed by atoms with Gasteiger partial charge in [-0.1, -0.05) is 43.7 Å². The van der Waals surface area contributed by atoms with E-state index in [4.69, 9.17) is 11.6 Å². The number of hydrogen-bond donors (Lipinski definition) is 1. The Morgan fingerprint density at radius 1 is 1.19 bits per heavy atom. The van der Waals surface area contributed by atoms with Crippen LogP contribution in [0.4, 0.5) is 5.82 Å². The molecule has 88 valence electrons. The minimum absolute atomic E-state index is 0.464. The number of anilines is 1. The minimum Gasteiger partial charge on any atom is -0.368 e. The predicted octanol–water partition coefficient (Wildman–Crippen LogP) is 3.51. The second kappa shape index (κ2) is 6.04. The standard InChI is InChI=1S/C12H18ClN3/c13-11-12(16-9-8-14-11)15-7-6-10-4-2-1-3-5-10/h8-10H,1-7H2,(H,15,16). The molecule has 1 saturated carbocycles. The Balaban J connectivity index is 1.73. The smallest absolute Gasteiger partial charge is 0.171 e. The molecular formula is C12H18ClN3. The number of aromatic nitrogens is 2. The topological polar surface area (TPSA) is 37.8 Å². The monoisotopic (exact) mass is 239 g/mol. The Labute approximate surface area is 102 Å². The maximum Gasteiger partial charge on any atom is 0.171 e. The van der Waals surface area contributed by atoms with Crippen molar-refractivity contribution in [1.29, 1.82) is 0 Å². The third kappa shape index (κ3) is 3.34. The van der Waals surface area contributed by atoms with Crippen LogP contribution in [0.25, 0.3) is 0 Å². The molecule has 16 heavy (non-hydrogen) atoms. The maximum absolute atomic E-state index is 5.91. The molecule has 0 unspecified atom stereocenters. The average molecular weight is 240 g/mol. The fourth-order valence-corrected chi connectivity index (χ4v) is 2.48. The van der Waals surface area contributed by atoms with Crippen molar-refractivity contribution in [1.82, 2.24) is 9.97 Å². The molecule has 4 heteroatoms. The Hall–Kier alpha value is -0.830. The van der Waals surface area contributed by atoms with Gasteiger partial charge in [0.1, 0.15) is 0 Å². The molecule has 0 atom stereocenters. The number of halogens is 1. The van der Waals surface area contributed by atoms with Crippen molar-refractivity contribution in [3.05, 3.63) is 17.5 Å². The van der Waals surface area contributed by atoms with Crippen molar-refractivity contribution < 1.29 is 0 Å². The summed E-state index contributed by atoms with van der Waals surface area (Å²) >= 11 is 5.91. The van der Waals surface area contributed by atoms with Crippen molar-refractivity contribution in [3.8, 4) is 0 Å². The van der Waals surface area contributed by atoms with Gasteiger partial charge in [-0.3, -0.25) is 0 Å².